The van der Waals surface area contributed by atoms with E-state index in [4.69, 9.17) is 0 Å². The molecule has 1 amide bonds. The molecular formula is C29H27N3O3S. The van der Waals surface area contributed by atoms with E-state index < -0.39 is 16.1 Å². The third-order valence-electron chi connectivity index (χ3n) is 7.23. The summed E-state index contributed by atoms with van der Waals surface area (Å²) in [6.45, 7) is 0.321. The third-order valence-corrected chi connectivity index (χ3v) is 9.20. The molecule has 0 unspecified atom stereocenters. The van der Waals surface area contributed by atoms with Crippen molar-refractivity contribution in [3.05, 3.63) is 78.9 Å². The summed E-state index contributed by atoms with van der Waals surface area (Å²) in [6, 6.07) is 24.4. The van der Waals surface area contributed by atoms with Crippen molar-refractivity contribution < 1.29 is 13.2 Å². The zero-order valence-electron chi connectivity index (χ0n) is 20.2. The molecule has 182 valence electrons. The standard InChI is InChI=1S/C29H27N3O3S/c1-31(2)23-14-12-22(13-15-23)30-29(33)25-7-4-18-32(25)36(34,35)26-17-11-21-9-8-19-5-3-6-20-10-16-24(26)28(21)27(19)20/h3,5-6,8-17,25H,4,7,18H2,1-2H3,(H,30,33)/t25-/m0/s1. The molecule has 0 aliphatic carbocycles. The largest absolute Gasteiger partial charge is 0.378 e. The summed E-state index contributed by atoms with van der Waals surface area (Å²) in [6.07, 6.45) is 1.13. The molecule has 0 spiro atoms. The van der Waals surface area contributed by atoms with Crippen LogP contribution in [0.2, 0.25) is 0 Å². The number of nitrogens with zero attached hydrogens (tertiary/aromatic N) is 2. The summed E-state index contributed by atoms with van der Waals surface area (Å²) in [7, 11) is 0.00211. The Morgan fingerprint density at radius 2 is 1.50 bits per heavy atom. The van der Waals surface area contributed by atoms with Crippen molar-refractivity contribution in [1.29, 1.82) is 0 Å². The fourth-order valence-electron chi connectivity index (χ4n) is 5.42. The van der Waals surface area contributed by atoms with Gasteiger partial charge in [0.05, 0.1) is 4.90 Å². The zero-order chi connectivity index (χ0) is 25.0. The van der Waals surface area contributed by atoms with Gasteiger partial charge in [0.1, 0.15) is 6.04 Å². The molecule has 0 radical (unpaired) electrons. The summed E-state index contributed by atoms with van der Waals surface area (Å²) in [5.41, 5.74) is 1.67. The van der Waals surface area contributed by atoms with Gasteiger partial charge in [-0.3, -0.25) is 4.79 Å². The highest BCUT2D eigenvalue weighted by molar-refractivity contribution is 7.89. The Labute approximate surface area is 210 Å². The first kappa shape index (κ1) is 22.8. The van der Waals surface area contributed by atoms with Gasteiger partial charge in [-0.05, 0) is 70.1 Å². The summed E-state index contributed by atoms with van der Waals surface area (Å²) in [4.78, 5) is 15.5. The van der Waals surface area contributed by atoms with E-state index >= 15 is 0 Å². The molecule has 6 nitrogen and oxygen atoms in total. The molecule has 0 aromatic heterocycles. The number of carbonyl (C=O) groups is 1. The fraction of sp³-hybridized carbons (Fsp3) is 0.207. The maximum atomic E-state index is 14.0. The van der Waals surface area contributed by atoms with E-state index in [0.717, 1.165) is 32.6 Å². The zero-order valence-corrected chi connectivity index (χ0v) is 21.0. The number of sulfonamides is 1. The van der Waals surface area contributed by atoms with Crippen molar-refractivity contribution in [3.8, 4) is 0 Å². The van der Waals surface area contributed by atoms with Gasteiger partial charge in [-0.1, -0.05) is 48.5 Å². The van der Waals surface area contributed by atoms with Crippen LogP contribution in [0.4, 0.5) is 11.4 Å². The Bertz CT molecular complexity index is 1700. The van der Waals surface area contributed by atoms with Crippen molar-refractivity contribution in [2.75, 3.05) is 30.9 Å². The molecule has 1 aliphatic heterocycles. The SMILES string of the molecule is CN(C)c1ccc(NC(=O)[C@@H]2CCCN2S(=O)(=O)c2ccc3ccc4cccc5ccc2c3c45)cc1. The predicted octanol–water partition coefficient (Wildman–Crippen LogP) is 5.44. The van der Waals surface area contributed by atoms with Crippen molar-refractivity contribution in [3.63, 3.8) is 0 Å². The lowest BCUT2D eigenvalue weighted by Crippen LogP contribution is -2.43. The second kappa shape index (κ2) is 8.47. The van der Waals surface area contributed by atoms with Crippen LogP contribution in [-0.2, 0) is 14.8 Å². The molecule has 1 N–H and O–H groups in total. The minimum atomic E-state index is -3.90. The normalized spacial score (nSPS) is 16.8. The number of hydrogen-bond donors (Lipinski definition) is 1. The van der Waals surface area contributed by atoms with E-state index in [2.05, 4.69) is 11.4 Å². The highest BCUT2D eigenvalue weighted by Crippen LogP contribution is 2.39. The summed E-state index contributed by atoms with van der Waals surface area (Å²) < 4.78 is 29.4. The smallest absolute Gasteiger partial charge is 0.244 e. The summed E-state index contributed by atoms with van der Waals surface area (Å²) in [5, 5.41) is 8.81. The number of anilines is 2. The number of hydrogen-bond acceptors (Lipinski definition) is 4. The number of amides is 1. The van der Waals surface area contributed by atoms with Gasteiger partial charge in [0.15, 0.2) is 0 Å². The second-order valence-electron chi connectivity index (χ2n) is 9.62. The van der Waals surface area contributed by atoms with Crippen LogP contribution in [0, 0.1) is 0 Å². The van der Waals surface area contributed by atoms with Gasteiger partial charge in [-0.2, -0.15) is 4.31 Å². The van der Waals surface area contributed by atoms with Gasteiger partial charge >= 0.3 is 0 Å². The third kappa shape index (κ3) is 3.58. The van der Waals surface area contributed by atoms with Crippen LogP contribution in [-0.4, -0.2) is 45.3 Å². The average Bonchev–Trinajstić information content (AvgIpc) is 3.39. The summed E-state index contributed by atoms with van der Waals surface area (Å²) >= 11 is 0. The van der Waals surface area contributed by atoms with E-state index in [1.54, 1.807) is 6.07 Å². The van der Waals surface area contributed by atoms with E-state index in [1.165, 1.54) is 4.31 Å². The molecule has 0 saturated carbocycles. The molecule has 1 heterocycles. The van der Waals surface area contributed by atoms with Gasteiger partial charge in [-0.25, -0.2) is 8.42 Å². The minimum Gasteiger partial charge on any atom is -0.378 e. The molecule has 0 bridgehead atoms. The minimum absolute atomic E-state index is 0.253. The quantitative estimate of drug-likeness (QED) is 0.328. The van der Waals surface area contributed by atoms with Crippen LogP contribution in [0.15, 0.2) is 83.8 Å². The molecule has 1 fully saturated rings. The Morgan fingerprint density at radius 3 is 2.19 bits per heavy atom. The van der Waals surface area contributed by atoms with E-state index in [-0.39, 0.29) is 10.8 Å². The van der Waals surface area contributed by atoms with Gasteiger partial charge < -0.3 is 10.2 Å². The number of rotatable bonds is 5. The van der Waals surface area contributed by atoms with Crippen LogP contribution in [0.1, 0.15) is 12.8 Å². The lowest BCUT2D eigenvalue weighted by Gasteiger charge is -2.25. The first-order valence-corrected chi connectivity index (χ1v) is 13.6. The Hall–Kier alpha value is -3.68. The predicted molar refractivity (Wildman–Crippen MR) is 146 cm³/mol. The van der Waals surface area contributed by atoms with Crippen molar-refractivity contribution in [2.24, 2.45) is 0 Å². The van der Waals surface area contributed by atoms with Crippen LogP contribution in [0.25, 0.3) is 32.3 Å². The van der Waals surface area contributed by atoms with Crippen LogP contribution in [0.5, 0.6) is 0 Å². The summed E-state index contributed by atoms with van der Waals surface area (Å²) in [5.74, 6) is -0.300. The van der Waals surface area contributed by atoms with Crippen molar-refractivity contribution in [2.45, 2.75) is 23.8 Å². The van der Waals surface area contributed by atoms with E-state index in [9.17, 15) is 13.2 Å². The molecular weight excluding hydrogens is 470 g/mol. The Balaban J connectivity index is 1.37. The molecule has 36 heavy (non-hydrogen) atoms. The molecule has 5 aromatic rings. The first-order valence-electron chi connectivity index (χ1n) is 12.1. The topological polar surface area (TPSA) is 69.7 Å². The van der Waals surface area contributed by atoms with E-state index in [0.29, 0.717) is 30.5 Å². The Kier molecular flexibility index (Phi) is 5.35. The molecule has 5 aromatic carbocycles. The lowest BCUT2D eigenvalue weighted by molar-refractivity contribution is -0.119. The fourth-order valence-corrected chi connectivity index (χ4v) is 7.26. The number of nitrogens with one attached hydrogen (secondary N) is 1. The molecule has 1 saturated heterocycles. The molecule has 7 heteroatoms. The Morgan fingerprint density at radius 1 is 0.861 bits per heavy atom. The van der Waals surface area contributed by atoms with Crippen LogP contribution in [0.3, 0.4) is 0 Å². The van der Waals surface area contributed by atoms with Gasteiger partial charge in [0.25, 0.3) is 0 Å². The second-order valence-corrected chi connectivity index (χ2v) is 11.5. The average molecular weight is 498 g/mol. The van der Waals surface area contributed by atoms with E-state index in [1.807, 2.05) is 85.7 Å². The van der Waals surface area contributed by atoms with Gasteiger partial charge in [-0.15, -0.1) is 0 Å². The van der Waals surface area contributed by atoms with Gasteiger partial charge in [0.2, 0.25) is 15.9 Å². The first-order chi connectivity index (χ1) is 17.3. The maximum Gasteiger partial charge on any atom is 0.244 e. The monoisotopic (exact) mass is 497 g/mol. The van der Waals surface area contributed by atoms with Crippen LogP contribution < -0.4 is 10.2 Å². The number of benzene rings is 5. The van der Waals surface area contributed by atoms with Crippen molar-refractivity contribution in [1.82, 2.24) is 4.31 Å². The maximum absolute atomic E-state index is 14.0. The van der Waals surface area contributed by atoms with Gasteiger partial charge in [0, 0.05) is 37.4 Å². The number of carbonyl (C=O) groups excluding carboxylic acids is 1. The molecule has 6 rings (SSSR count). The van der Waals surface area contributed by atoms with Crippen LogP contribution >= 0.6 is 0 Å². The lowest BCUT2D eigenvalue weighted by atomic mass is 9.94. The highest BCUT2D eigenvalue weighted by Gasteiger charge is 2.40. The molecule has 1 aliphatic rings. The van der Waals surface area contributed by atoms with Crippen molar-refractivity contribution >= 4 is 59.6 Å². The molecule has 1 atom stereocenters. The highest BCUT2D eigenvalue weighted by atomic mass is 32.2.